The molecule has 6 nitrogen and oxygen atoms in total. The minimum atomic E-state index is -3.46. The van der Waals surface area contributed by atoms with Crippen LogP contribution >= 0.6 is 0 Å². The maximum Gasteiger partial charge on any atom is 0.307 e. The Kier molecular flexibility index (Phi) is 7.89. The smallest absolute Gasteiger partial charge is 0.307 e. The van der Waals surface area contributed by atoms with Crippen LogP contribution in [0, 0.1) is 6.92 Å². The topological polar surface area (TPSA) is 83.9 Å². The minimum Gasteiger partial charge on any atom is -0.496 e. The molecule has 0 bridgehead atoms. The number of carboxylic acids is 1. The molecule has 33 heavy (non-hydrogen) atoms. The summed E-state index contributed by atoms with van der Waals surface area (Å²) in [5, 5.41) is 9.20. The van der Waals surface area contributed by atoms with Crippen molar-refractivity contribution in [3.8, 4) is 16.9 Å². The van der Waals surface area contributed by atoms with Crippen molar-refractivity contribution >= 4 is 16.0 Å². The summed E-state index contributed by atoms with van der Waals surface area (Å²) < 4.78 is 32.3. The first-order valence-corrected chi connectivity index (χ1v) is 12.5. The molecule has 174 valence electrons. The molecule has 0 aliphatic carbocycles. The van der Waals surface area contributed by atoms with E-state index in [4.69, 9.17) is 4.74 Å². The lowest BCUT2D eigenvalue weighted by atomic mass is 9.95. The second-order valence-corrected chi connectivity index (χ2v) is 10.1. The van der Waals surface area contributed by atoms with Gasteiger partial charge in [-0.25, -0.2) is 8.42 Å². The lowest BCUT2D eigenvalue weighted by Crippen LogP contribution is -2.31. The SMILES string of the molecule is COc1ccc(CC(=O)O)cc1-c1ccc(C)cc1CN(CCc1ccccc1)S(C)(=O)=O. The highest BCUT2D eigenvalue weighted by Crippen LogP contribution is 2.35. The van der Waals surface area contributed by atoms with E-state index in [9.17, 15) is 18.3 Å². The summed E-state index contributed by atoms with van der Waals surface area (Å²) in [7, 11) is -1.90. The summed E-state index contributed by atoms with van der Waals surface area (Å²) in [5.41, 5.74) is 5.11. The first kappa shape index (κ1) is 24.5. The molecule has 0 fully saturated rings. The molecule has 0 aromatic heterocycles. The normalized spacial score (nSPS) is 11.5. The van der Waals surface area contributed by atoms with E-state index >= 15 is 0 Å². The lowest BCUT2D eigenvalue weighted by molar-refractivity contribution is -0.136. The standard InChI is InChI=1S/C26H29NO5S/c1-19-9-11-23(24-16-21(17-26(28)29)10-12-25(24)32-2)22(15-19)18-27(33(3,30)31)14-13-20-7-5-4-6-8-20/h4-12,15-16H,13-14,17-18H2,1-3H3,(H,28,29). The highest BCUT2D eigenvalue weighted by atomic mass is 32.2. The fraction of sp³-hybridized carbons (Fsp3) is 0.269. The average Bonchev–Trinajstić information content (AvgIpc) is 2.76. The van der Waals surface area contributed by atoms with E-state index < -0.39 is 16.0 Å². The van der Waals surface area contributed by atoms with Crippen molar-refractivity contribution < 1.29 is 23.1 Å². The quantitative estimate of drug-likeness (QED) is 0.481. The predicted molar refractivity (Wildman–Crippen MR) is 130 cm³/mol. The highest BCUT2D eigenvalue weighted by molar-refractivity contribution is 7.88. The van der Waals surface area contributed by atoms with Gasteiger partial charge in [0.2, 0.25) is 10.0 Å². The molecule has 0 spiro atoms. The second-order valence-electron chi connectivity index (χ2n) is 8.10. The van der Waals surface area contributed by atoms with Crippen LogP contribution in [-0.4, -0.2) is 43.7 Å². The molecule has 0 aliphatic rings. The molecule has 0 aliphatic heterocycles. The van der Waals surface area contributed by atoms with Crippen molar-refractivity contribution in [1.29, 1.82) is 0 Å². The Hall–Kier alpha value is -3.16. The fourth-order valence-electron chi connectivity index (χ4n) is 3.82. The third kappa shape index (κ3) is 6.66. The number of nitrogens with zero attached hydrogens (tertiary/aromatic N) is 1. The van der Waals surface area contributed by atoms with Crippen LogP contribution < -0.4 is 4.74 Å². The second kappa shape index (κ2) is 10.6. The molecule has 7 heteroatoms. The van der Waals surface area contributed by atoms with E-state index in [1.165, 1.54) is 10.6 Å². The molecule has 3 rings (SSSR count). The van der Waals surface area contributed by atoms with Crippen molar-refractivity contribution in [2.24, 2.45) is 0 Å². The van der Waals surface area contributed by atoms with Gasteiger partial charge < -0.3 is 9.84 Å². The first-order valence-electron chi connectivity index (χ1n) is 10.6. The Morgan fingerprint density at radius 2 is 1.70 bits per heavy atom. The van der Waals surface area contributed by atoms with Crippen LogP contribution in [0.3, 0.4) is 0 Å². The Morgan fingerprint density at radius 1 is 0.970 bits per heavy atom. The predicted octanol–water partition coefficient (Wildman–Crippen LogP) is 4.30. The van der Waals surface area contributed by atoms with E-state index in [0.717, 1.165) is 27.8 Å². The fourth-order valence-corrected chi connectivity index (χ4v) is 4.61. The maximum absolute atomic E-state index is 12.6. The molecule has 0 heterocycles. The molecule has 0 radical (unpaired) electrons. The van der Waals surface area contributed by atoms with Crippen molar-refractivity contribution in [3.63, 3.8) is 0 Å². The van der Waals surface area contributed by atoms with E-state index in [1.54, 1.807) is 25.3 Å². The Labute approximate surface area is 195 Å². The number of sulfonamides is 1. The summed E-state index contributed by atoms with van der Waals surface area (Å²) in [6.07, 6.45) is 1.72. The highest BCUT2D eigenvalue weighted by Gasteiger charge is 2.20. The lowest BCUT2D eigenvalue weighted by Gasteiger charge is -2.23. The molecule has 3 aromatic rings. The third-order valence-corrected chi connectivity index (χ3v) is 6.73. The van der Waals surface area contributed by atoms with Gasteiger partial charge in [-0.2, -0.15) is 4.31 Å². The van der Waals surface area contributed by atoms with Crippen LogP contribution in [-0.2, 0) is 34.2 Å². The Bertz CT molecular complexity index is 1220. The molecule has 0 saturated heterocycles. The van der Waals surface area contributed by atoms with Gasteiger partial charge in [0.05, 0.1) is 19.8 Å². The van der Waals surface area contributed by atoms with Gasteiger partial charge in [-0.05, 0) is 47.7 Å². The zero-order chi connectivity index (χ0) is 24.0. The number of hydrogen-bond donors (Lipinski definition) is 1. The van der Waals surface area contributed by atoms with E-state index in [1.807, 2.05) is 55.5 Å². The van der Waals surface area contributed by atoms with E-state index in [0.29, 0.717) is 24.3 Å². The van der Waals surface area contributed by atoms with Crippen molar-refractivity contribution in [2.75, 3.05) is 19.9 Å². The maximum atomic E-state index is 12.6. The Balaban J connectivity index is 2.00. The van der Waals surface area contributed by atoms with Crippen LogP contribution in [0.4, 0.5) is 0 Å². The zero-order valence-corrected chi connectivity index (χ0v) is 19.9. The number of aliphatic carboxylic acids is 1. The van der Waals surface area contributed by atoms with Gasteiger partial charge in [-0.15, -0.1) is 0 Å². The van der Waals surface area contributed by atoms with Crippen LogP contribution in [0.5, 0.6) is 5.75 Å². The van der Waals surface area contributed by atoms with Gasteiger partial charge in [0.25, 0.3) is 0 Å². The van der Waals surface area contributed by atoms with Gasteiger partial charge in [0, 0.05) is 18.7 Å². The molecule has 1 N–H and O–H groups in total. The molecule has 3 aromatic carbocycles. The molecule has 0 amide bonds. The van der Waals surface area contributed by atoms with Gasteiger partial charge >= 0.3 is 5.97 Å². The monoisotopic (exact) mass is 467 g/mol. The summed E-state index contributed by atoms with van der Waals surface area (Å²) in [5.74, 6) is -0.316. The number of carboxylic acid groups (broad SMARTS) is 1. The summed E-state index contributed by atoms with van der Waals surface area (Å²) in [6, 6.07) is 20.9. The summed E-state index contributed by atoms with van der Waals surface area (Å²) in [4.78, 5) is 11.2. The summed E-state index contributed by atoms with van der Waals surface area (Å²) >= 11 is 0. The molecular formula is C26H29NO5S. The number of benzene rings is 3. The first-order chi connectivity index (χ1) is 15.7. The zero-order valence-electron chi connectivity index (χ0n) is 19.1. The van der Waals surface area contributed by atoms with Crippen molar-refractivity contribution in [1.82, 2.24) is 4.31 Å². The third-order valence-electron chi connectivity index (χ3n) is 5.48. The van der Waals surface area contributed by atoms with Crippen LogP contribution in [0.25, 0.3) is 11.1 Å². The van der Waals surface area contributed by atoms with Crippen molar-refractivity contribution in [3.05, 3.63) is 89.0 Å². The van der Waals surface area contributed by atoms with Gasteiger partial charge in [0.1, 0.15) is 5.75 Å². The van der Waals surface area contributed by atoms with Crippen LogP contribution in [0.1, 0.15) is 22.3 Å². The van der Waals surface area contributed by atoms with Crippen LogP contribution in [0.15, 0.2) is 66.7 Å². The summed E-state index contributed by atoms with van der Waals surface area (Å²) in [6.45, 7) is 2.52. The van der Waals surface area contributed by atoms with E-state index in [-0.39, 0.29) is 13.0 Å². The number of ether oxygens (including phenoxy) is 1. The van der Waals surface area contributed by atoms with Gasteiger partial charge in [-0.3, -0.25) is 4.79 Å². The number of carbonyl (C=O) groups is 1. The van der Waals surface area contributed by atoms with Crippen LogP contribution in [0.2, 0.25) is 0 Å². The number of rotatable bonds is 10. The average molecular weight is 468 g/mol. The van der Waals surface area contributed by atoms with Gasteiger partial charge in [-0.1, -0.05) is 60.2 Å². The molecule has 0 atom stereocenters. The largest absolute Gasteiger partial charge is 0.496 e. The molecular weight excluding hydrogens is 438 g/mol. The number of aryl methyl sites for hydroxylation is 1. The molecule has 0 unspecified atom stereocenters. The minimum absolute atomic E-state index is 0.106. The number of hydrogen-bond acceptors (Lipinski definition) is 4. The van der Waals surface area contributed by atoms with E-state index in [2.05, 4.69) is 0 Å². The molecule has 0 saturated carbocycles. The Morgan fingerprint density at radius 3 is 2.33 bits per heavy atom. The number of methoxy groups -OCH3 is 1. The van der Waals surface area contributed by atoms with Crippen molar-refractivity contribution in [2.45, 2.75) is 26.3 Å². The van der Waals surface area contributed by atoms with Gasteiger partial charge in [0.15, 0.2) is 0 Å².